The lowest BCUT2D eigenvalue weighted by atomic mass is 10.1. The quantitative estimate of drug-likeness (QED) is 0.868. The third kappa shape index (κ3) is 4.23. The highest BCUT2D eigenvalue weighted by atomic mass is 32.2. The van der Waals surface area contributed by atoms with Crippen LogP contribution in [0.1, 0.15) is 15.9 Å². The Balaban J connectivity index is 2.94. The Labute approximate surface area is 108 Å². The molecule has 0 aliphatic rings. The predicted octanol–water partition coefficient (Wildman–Crippen LogP) is 0.845. The number of benzene rings is 1. The van der Waals surface area contributed by atoms with Gasteiger partial charge >= 0.3 is 5.97 Å². The minimum absolute atomic E-state index is 0.0268. The van der Waals surface area contributed by atoms with E-state index in [0.717, 1.165) is 6.26 Å². The second kappa shape index (κ2) is 5.62. The van der Waals surface area contributed by atoms with Gasteiger partial charge in [0, 0.05) is 16.9 Å². The molecule has 0 saturated carbocycles. The molecule has 0 aliphatic heterocycles. The lowest BCUT2D eigenvalue weighted by Crippen LogP contribution is -2.12. The first kappa shape index (κ1) is 14.8. The molecule has 1 aromatic carbocycles. The smallest absolute Gasteiger partial charge is 0.335 e. The van der Waals surface area contributed by atoms with E-state index in [1.165, 1.54) is 6.07 Å². The fraction of sp³-hybridized carbons (Fsp3) is 0.364. The van der Waals surface area contributed by atoms with Crippen molar-refractivity contribution >= 4 is 26.6 Å². The van der Waals surface area contributed by atoms with E-state index in [-0.39, 0.29) is 17.1 Å². The van der Waals surface area contributed by atoms with Crippen LogP contribution in [0.5, 0.6) is 0 Å². The van der Waals surface area contributed by atoms with Crippen LogP contribution in [0, 0.1) is 6.92 Å². The fourth-order valence-electron chi connectivity index (χ4n) is 1.32. The highest BCUT2D eigenvalue weighted by Gasteiger charge is 2.13. The standard InChI is InChI=1S/C11H14O5S2/c1-8-3-4-9(7-10(8)11(12)13)17(14)5-6-18(2,15)16/h3-4,7H,5-6H2,1-2H3,(H,12,13). The Kier molecular flexibility index (Phi) is 4.64. The molecule has 1 rings (SSSR count). The molecule has 0 radical (unpaired) electrons. The minimum atomic E-state index is -3.17. The fourth-order valence-corrected chi connectivity index (χ4v) is 3.84. The number of hydrogen-bond donors (Lipinski definition) is 1. The first-order valence-electron chi connectivity index (χ1n) is 5.11. The maximum Gasteiger partial charge on any atom is 0.335 e. The molecule has 18 heavy (non-hydrogen) atoms. The molecular formula is C11H14O5S2. The molecule has 0 heterocycles. The van der Waals surface area contributed by atoms with Crippen molar-refractivity contribution in [1.82, 2.24) is 0 Å². The summed E-state index contributed by atoms with van der Waals surface area (Å²) >= 11 is 0. The summed E-state index contributed by atoms with van der Waals surface area (Å²) < 4.78 is 33.8. The summed E-state index contributed by atoms with van der Waals surface area (Å²) in [5.74, 6) is -1.30. The first-order valence-corrected chi connectivity index (χ1v) is 8.48. The first-order chi connectivity index (χ1) is 8.20. The summed E-state index contributed by atoms with van der Waals surface area (Å²) in [7, 11) is -4.68. The molecule has 0 spiro atoms. The van der Waals surface area contributed by atoms with Gasteiger partial charge in [0.1, 0.15) is 9.84 Å². The molecule has 0 aromatic heterocycles. The van der Waals surface area contributed by atoms with Crippen molar-refractivity contribution in [3.05, 3.63) is 29.3 Å². The third-order valence-corrected chi connectivity index (χ3v) is 4.90. The maximum absolute atomic E-state index is 11.8. The van der Waals surface area contributed by atoms with Crippen molar-refractivity contribution in [2.24, 2.45) is 0 Å². The molecule has 1 aromatic rings. The predicted molar refractivity (Wildman–Crippen MR) is 69.1 cm³/mol. The van der Waals surface area contributed by atoms with Gasteiger partial charge in [-0.3, -0.25) is 4.21 Å². The number of rotatable bonds is 5. The zero-order valence-corrected chi connectivity index (χ0v) is 11.7. The van der Waals surface area contributed by atoms with E-state index >= 15 is 0 Å². The van der Waals surface area contributed by atoms with E-state index in [1.54, 1.807) is 19.1 Å². The summed E-state index contributed by atoms with van der Waals surface area (Å²) in [5, 5.41) is 8.94. The molecule has 0 fully saturated rings. The minimum Gasteiger partial charge on any atom is -0.478 e. The number of sulfone groups is 1. The topological polar surface area (TPSA) is 88.5 Å². The molecule has 1 atom stereocenters. The number of carboxylic acid groups (broad SMARTS) is 1. The van der Waals surface area contributed by atoms with Crippen molar-refractivity contribution in [1.29, 1.82) is 0 Å². The highest BCUT2D eigenvalue weighted by molar-refractivity contribution is 7.92. The van der Waals surface area contributed by atoms with Gasteiger partial charge in [0.25, 0.3) is 0 Å². The Morgan fingerprint density at radius 2 is 2.00 bits per heavy atom. The van der Waals surface area contributed by atoms with Gasteiger partial charge in [0.05, 0.1) is 22.1 Å². The van der Waals surface area contributed by atoms with Gasteiger partial charge in [0.15, 0.2) is 0 Å². The zero-order valence-electron chi connectivity index (χ0n) is 10.0. The molecule has 5 nitrogen and oxygen atoms in total. The van der Waals surface area contributed by atoms with E-state index in [1.807, 2.05) is 0 Å². The van der Waals surface area contributed by atoms with E-state index in [9.17, 15) is 17.4 Å². The number of aromatic carboxylic acids is 1. The normalized spacial score (nSPS) is 13.2. The van der Waals surface area contributed by atoms with Crippen molar-refractivity contribution in [2.45, 2.75) is 11.8 Å². The van der Waals surface area contributed by atoms with Crippen LogP contribution in [0.15, 0.2) is 23.1 Å². The summed E-state index contributed by atoms with van der Waals surface area (Å²) in [6.45, 7) is 1.65. The second-order valence-electron chi connectivity index (χ2n) is 3.96. The van der Waals surface area contributed by atoms with E-state index < -0.39 is 26.6 Å². The average molecular weight is 290 g/mol. The summed E-state index contributed by atoms with van der Waals surface area (Å²) in [4.78, 5) is 11.3. The SMILES string of the molecule is Cc1ccc(S(=O)CCS(C)(=O)=O)cc1C(=O)O. The highest BCUT2D eigenvalue weighted by Crippen LogP contribution is 2.14. The molecule has 0 bridgehead atoms. The van der Waals surface area contributed by atoms with Crippen LogP contribution >= 0.6 is 0 Å². The van der Waals surface area contributed by atoms with Gasteiger partial charge in [-0.05, 0) is 24.6 Å². The van der Waals surface area contributed by atoms with Gasteiger partial charge in [0.2, 0.25) is 0 Å². The molecule has 1 N–H and O–H groups in total. The summed E-state index contributed by atoms with van der Waals surface area (Å²) in [6, 6.07) is 4.45. The van der Waals surface area contributed by atoms with Crippen LogP contribution < -0.4 is 0 Å². The van der Waals surface area contributed by atoms with Crippen LogP contribution in [0.2, 0.25) is 0 Å². The van der Waals surface area contributed by atoms with Crippen LogP contribution in [-0.2, 0) is 20.6 Å². The Morgan fingerprint density at radius 3 is 2.50 bits per heavy atom. The Morgan fingerprint density at radius 1 is 1.39 bits per heavy atom. The monoisotopic (exact) mass is 290 g/mol. The maximum atomic E-state index is 11.8. The lowest BCUT2D eigenvalue weighted by molar-refractivity contribution is 0.0696. The van der Waals surface area contributed by atoms with Crippen LogP contribution in [0.25, 0.3) is 0 Å². The number of aryl methyl sites for hydroxylation is 1. The zero-order chi connectivity index (χ0) is 13.9. The number of carbonyl (C=O) groups is 1. The van der Waals surface area contributed by atoms with E-state index in [0.29, 0.717) is 10.5 Å². The van der Waals surface area contributed by atoms with Crippen molar-refractivity contribution in [2.75, 3.05) is 17.8 Å². The lowest BCUT2D eigenvalue weighted by Gasteiger charge is -2.05. The molecule has 0 aliphatic carbocycles. The molecular weight excluding hydrogens is 276 g/mol. The second-order valence-corrected chi connectivity index (χ2v) is 7.79. The molecule has 1 unspecified atom stereocenters. The molecule has 100 valence electrons. The molecule has 0 amide bonds. The number of carboxylic acids is 1. The average Bonchev–Trinajstić information content (AvgIpc) is 2.25. The summed E-state index contributed by atoms with van der Waals surface area (Å²) in [6.07, 6.45) is 1.07. The van der Waals surface area contributed by atoms with E-state index in [2.05, 4.69) is 0 Å². The van der Waals surface area contributed by atoms with Crippen molar-refractivity contribution < 1.29 is 22.5 Å². The third-order valence-electron chi connectivity index (χ3n) is 2.34. The van der Waals surface area contributed by atoms with Crippen LogP contribution in [0.4, 0.5) is 0 Å². The molecule has 0 saturated heterocycles. The van der Waals surface area contributed by atoms with Crippen molar-refractivity contribution in [3.63, 3.8) is 0 Å². The number of hydrogen-bond acceptors (Lipinski definition) is 4. The van der Waals surface area contributed by atoms with Crippen LogP contribution in [-0.4, -0.2) is 41.5 Å². The Hall–Kier alpha value is -1.21. The van der Waals surface area contributed by atoms with Crippen LogP contribution in [0.3, 0.4) is 0 Å². The Bertz CT molecular complexity index is 589. The van der Waals surface area contributed by atoms with Gasteiger partial charge in [-0.25, -0.2) is 13.2 Å². The van der Waals surface area contributed by atoms with Gasteiger partial charge < -0.3 is 5.11 Å². The summed E-state index contributed by atoms with van der Waals surface area (Å²) in [5.41, 5.74) is 0.659. The largest absolute Gasteiger partial charge is 0.478 e. The molecule has 7 heteroatoms. The van der Waals surface area contributed by atoms with Crippen molar-refractivity contribution in [3.8, 4) is 0 Å². The van der Waals surface area contributed by atoms with Gasteiger partial charge in [-0.15, -0.1) is 0 Å². The van der Waals surface area contributed by atoms with E-state index in [4.69, 9.17) is 5.11 Å². The van der Waals surface area contributed by atoms with Gasteiger partial charge in [-0.2, -0.15) is 0 Å². The van der Waals surface area contributed by atoms with Gasteiger partial charge in [-0.1, -0.05) is 6.07 Å².